The van der Waals surface area contributed by atoms with Crippen LogP contribution in [0.2, 0.25) is 0 Å². The SMILES string of the molecule is CN1CCNCC1c1ccc(C2CCCNC2)cc1. The second kappa shape index (κ2) is 6.04. The molecule has 2 unspecified atom stereocenters. The maximum Gasteiger partial charge on any atom is 0.0470 e. The number of nitrogens with zero attached hydrogens (tertiary/aromatic N) is 1. The molecule has 19 heavy (non-hydrogen) atoms. The van der Waals surface area contributed by atoms with E-state index in [0.717, 1.165) is 26.2 Å². The van der Waals surface area contributed by atoms with Crippen molar-refractivity contribution in [1.82, 2.24) is 15.5 Å². The van der Waals surface area contributed by atoms with Gasteiger partial charge in [-0.1, -0.05) is 24.3 Å². The van der Waals surface area contributed by atoms with Crippen LogP contribution in [0.4, 0.5) is 0 Å². The predicted molar refractivity (Wildman–Crippen MR) is 79.5 cm³/mol. The molecule has 0 amide bonds. The molecule has 104 valence electrons. The van der Waals surface area contributed by atoms with Crippen LogP contribution in [0.3, 0.4) is 0 Å². The van der Waals surface area contributed by atoms with E-state index in [2.05, 4.69) is 46.8 Å². The molecule has 2 aliphatic heterocycles. The lowest BCUT2D eigenvalue weighted by atomic mass is 9.90. The molecular formula is C16H25N3. The lowest BCUT2D eigenvalue weighted by molar-refractivity contribution is 0.202. The number of hydrogen-bond donors (Lipinski definition) is 2. The summed E-state index contributed by atoms with van der Waals surface area (Å²) in [4.78, 5) is 2.45. The Labute approximate surface area is 116 Å². The lowest BCUT2D eigenvalue weighted by Gasteiger charge is -2.33. The second-order valence-corrected chi connectivity index (χ2v) is 5.91. The van der Waals surface area contributed by atoms with Gasteiger partial charge in [0, 0.05) is 32.2 Å². The van der Waals surface area contributed by atoms with Crippen molar-refractivity contribution in [2.45, 2.75) is 24.8 Å². The molecule has 2 heterocycles. The summed E-state index contributed by atoms with van der Waals surface area (Å²) in [7, 11) is 2.23. The first-order valence-corrected chi connectivity index (χ1v) is 7.56. The number of hydrogen-bond acceptors (Lipinski definition) is 3. The van der Waals surface area contributed by atoms with Crippen molar-refractivity contribution < 1.29 is 0 Å². The topological polar surface area (TPSA) is 27.3 Å². The molecule has 2 aliphatic rings. The summed E-state index contributed by atoms with van der Waals surface area (Å²) < 4.78 is 0. The minimum absolute atomic E-state index is 0.535. The highest BCUT2D eigenvalue weighted by molar-refractivity contribution is 5.28. The fourth-order valence-corrected chi connectivity index (χ4v) is 3.30. The van der Waals surface area contributed by atoms with Gasteiger partial charge in [-0.15, -0.1) is 0 Å². The monoisotopic (exact) mass is 259 g/mol. The van der Waals surface area contributed by atoms with Gasteiger partial charge in [0.05, 0.1) is 0 Å². The van der Waals surface area contributed by atoms with Crippen molar-refractivity contribution in [2.24, 2.45) is 0 Å². The summed E-state index contributed by atoms with van der Waals surface area (Å²) in [6.45, 7) is 5.65. The maximum atomic E-state index is 3.50. The zero-order chi connectivity index (χ0) is 13.1. The van der Waals surface area contributed by atoms with Gasteiger partial charge in [-0.25, -0.2) is 0 Å². The van der Waals surface area contributed by atoms with Crippen molar-refractivity contribution in [1.29, 1.82) is 0 Å². The summed E-state index contributed by atoms with van der Waals surface area (Å²) in [5, 5.41) is 6.99. The fraction of sp³-hybridized carbons (Fsp3) is 0.625. The summed E-state index contributed by atoms with van der Waals surface area (Å²) in [5.41, 5.74) is 2.95. The third-order valence-electron chi connectivity index (χ3n) is 4.60. The van der Waals surface area contributed by atoms with Crippen LogP contribution >= 0.6 is 0 Å². The van der Waals surface area contributed by atoms with E-state index in [1.54, 1.807) is 0 Å². The van der Waals surface area contributed by atoms with E-state index in [1.165, 1.54) is 30.5 Å². The Bertz CT molecular complexity index is 395. The van der Waals surface area contributed by atoms with Gasteiger partial charge in [0.25, 0.3) is 0 Å². The van der Waals surface area contributed by atoms with Crippen LogP contribution in [0.25, 0.3) is 0 Å². The maximum absolute atomic E-state index is 3.50. The van der Waals surface area contributed by atoms with Gasteiger partial charge in [0.2, 0.25) is 0 Å². The Morgan fingerprint density at radius 1 is 1.00 bits per heavy atom. The number of piperidine rings is 1. The number of piperazine rings is 1. The average Bonchev–Trinajstić information content (AvgIpc) is 2.49. The standard InChI is InChI=1S/C16H25N3/c1-19-10-9-18-12-16(19)14-6-4-13(5-7-14)15-3-2-8-17-11-15/h4-7,15-18H,2-3,8-12H2,1H3. The van der Waals surface area contributed by atoms with Crippen LogP contribution < -0.4 is 10.6 Å². The Balaban J connectivity index is 1.70. The summed E-state index contributed by atoms with van der Waals surface area (Å²) in [6.07, 6.45) is 2.64. The molecule has 1 aromatic rings. The molecule has 3 nitrogen and oxygen atoms in total. The molecule has 2 saturated heterocycles. The van der Waals surface area contributed by atoms with Gasteiger partial charge in [-0.2, -0.15) is 0 Å². The normalized spacial score (nSPS) is 29.3. The first-order chi connectivity index (χ1) is 9.34. The third kappa shape index (κ3) is 2.99. The lowest BCUT2D eigenvalue weighted by Crippen LogP contribution is -2.43. The van der Waals surface area contributed by atoms with E-state index in [9.17, 15) is 0 Å². The zero-order valence-corrected chi connectivity index (χ0v) is 11.9. The number of rotatable bonds is 2. The number of likely N-dealkylation sites (N-methyl/N-ethyl adjacent to an activating group) is 1. The molecule has 2 fully saturated rings. The van der Waals surface area contributed by atoms with Crippen molar-refractivity contribution >= 4 is 0 Å². The fourth-order valence-electron chi connectivity index (χ4n) is 3.30. The second-order valence-electron chi connectivity index (χ2n) is 5.91. The largest absolute Gasteiger partial charge is 0.316 e. The van der Waals surface area contributed by atoms with E-state index in [-0.39, 0.29) is 0 Å². The summed E-state index contributed by atoms with van der Waals surface area (Å²) in [5.74, 6) is 0.713. The van der Waals surface area contributed by atoms with Crippen molar-refractivity contribution in [3.8, 4) is 0 Å². The van der Waals surface area contributed by atoms with Gasteiger partial charge in [0.1, 0.15) is 0 Å². The highest BCUT2D eigenvalue weighted by Gasteiger charge is 2.21. The average molecular weight is 259 g/mol. The van der Waals surface area contributed by atoms with Crippen LogP contribution in [0, 0.1) is 0 Å². The molecule has 0 aliphatic carbocycles. The molecule has 3 rings (SSSR count). The van der Waals surface area contributed by atoms with Crippen molar-refractivity contribution in [3.05, 3.63) is 35.4 Å². The van der Waals surface area contributed by atoms with Crippen molar-refractivity contribution in [2.75, 3.05) is 39.8 Å². The first-order valence-electron chi connectivity index (χ1n) is 7.56. The summed E-state index contributed by atoms with van der Waals surface area (Å²) >= 11 is 0. The molecule has 1 aromatic carbocycles. The summed E-state index contributed by atoms with van der Waals surface area (Å²) in [6, 6.07) is 9.88. The van der Waals surface area contributed by atoms with Crippen LogP contribution in [-0.4, -0.2) is 44.7 Å². The Morgan fingerprint density at radius 2 is 1.74 bits per heavy atom. The van der Waals surface area contributed by atoms with Gasteiger partial charge in [-0.05, 0) is 43.5 Å². The van der Waals surface area contributed by atoms with E-state index >= 15 is 0 Å². The van der Waals surface area contributed by atoms with Gasteiger partial charge in [-0.3, -0.25) is 4.90 Å². The highest BCUT2D eigenvalue weighted by atomic mass is 15.2. The number of benzene rings is 1. The molecule has 0 bridgehead atoms. The minimum Gasteiger partial charge on any atom is -0.316 e. The quantitative estimate of drug-likeness (QED) is 0.847. The molecule has 0 spiro atoms. The Kier molecular flexibility index (Phi) is 4.16. The smallest absolute Gasteiger partial charge is 0.0470 e. The van der Waals surface area contributed by atoms with Gasteiger partial charge in [0.15, 0.2) is 0 Å². The van der Waals surface area contributed by atoms with Crippen LogP contribution in [0.5, 0.6) is 0 Å². The van der Waals surface area contributed by atoms with E-state index < -0.39 is 0 Å². The van der Waals surface area contributed by atoms with Crippen LogP contribution in [0.15, 0.2) is 24.3 Å². The number of nitrogens with one attached hydrogen (secondary N) is 2. The molecule has 0 aromatic heterocycles. The highest BCUT2D eigenvalue weighted by Crippen LogP contribution is 2.26. The predicted octanol–water partition coefficient (Wildman–Crippen LogP) is 1.73. The molecule has 2 atom stereocenters. The van der Waals surface area contributed by atoms with E-state index in [0.29, 0.717) is 12.0 Å². The minimum atomic E-state index is 0.535. The Hall–Kier alpha value is -0.900. The molecule has 2 N–H and O–H groups in total. The van der Waals surface area contributed by atoms with E-state index in [1.807, 2.05) is 0 Å². The first kappa shape index (κ1) is 13.1. The van der Waals surface area contributed by atoms with Gasteiger partial charge < -0.3 is 10.6 Å². The molecule has 0 saturated carbocycles. The molecule has 0 radical (unpaired) electrons. The Morgan fingerprint density at radius 3 is 2.42 bits per heavy atom. The van der Waals surface area contributed by atoms with Crippen molar-refractivity contribution in [3.63, 3.8) is 0 Å². The van der Waals surface area contributed by atoms with Crippen LogP contribution in [0.1, 0.15) is 35.9 Å². The van der Waals surface area contributed by atoms with E-state index in [4.69, 9.17) is 0 Å². The molecular weight excluding hydrogens is 234 g/mol. The molecule has 3 heteroatoms. The third-order valence-corrected chi connectivity index (χ3v) is 4.60. The van der Waals surface area contributed by atoms with Gasteiger partial charge >= 0.3 is 0 Å². The zero-order valence-electron chi connectivity index (χ0n) is 11.9. The van der Waals surface area contributed by atoms with Crippen LogP contribution in [-0.2, 0) is 0 Å².